The molecule has 0 saturated heterocycles. The van der Waals surface area contributed by atoms with E-state index in [0.29, 0.717) is 6.54 Å². The van der Waals surface area contributed by atoms with Gasteiger partial charge in [0.25, 0.3) is 0 Å². The molecule has 0 saturated carbocycles. The molecule has 0 rings (SSSR count). The Balaban J connectivity index is 3.86. The van der Waals surface area contributed by atoms with Gasteiger partial charge in [0.05, 0.1) is 5.75 Å². The summed E-state index contributed by atoms with van der Waals surface area (Å²) >= 11 is 0. The van der Waals surface area contributed by atoms with E-state index >= 15 is 0 Å². The van der Waals surface area contributed by atoms with Crippen molar-refractivity contribution in [3.63, 3.8) is 0 Å². The van der Waals surface area contributed by atoms with E-state index in [4.69, 9.17) is 0 Å². The molecule has 0 fully saturated rings. The van der Waals surface area contributed by atoms with Gasteiger partial charge in [0.15, 0.2) is 0 Å². The smallest absolute Gasteiger partial charge is 0.213 e. The van der Waals surface area contributed by atoms with Crippen molar-refractivity contribution >= 4 is 10.0 Å². The van der Waals surface area contributed by atoms with Crippen LogP contribution in [0, 0.1) is 0 Å². The SMILES string of the molecule is CCNCCS(=O)(=O)NC(C)CCN(C)C. The largest absolute Gasteiger partial charge is 0.316 e. The highest BCUT2D eigenvalue weighted by Crippen LogP contribution is 1.95. The van der Waals surface area contributed by atoms with Crippen LogP contribution in [0.1, 0.15) is 20.3 Å². The third kappa shape index (κ3) is 9.08. The van der Waals surface area contributed by atoms with Gasteiger partial charge in [0.1, 0.15) is 0 Å². The van der Waals surface area contributed by atoms with E-state index in [0.717, 1.165) is 19.5 Å². The molecule has 1 unspecified atom stereocenters. The number of hydrogen-bond donors (Lipinski definition) is 2. The Morgan fingerprint density at radius 2 is 1.94 bits per heavy atom. The average molecular weight is 251 g/mol. The van der Waals surface area contributed by atoms with Crippen molar-refractivity contribution in [1.82, 2.24) is 14.9 Å². The van der Waals surface area contributed by atoms with Gasteiger partial charge < -0.3 is 10.2 Å². The molecule has 0 bridgehead atoms. The lowest BCUT2D eigenvalue weighted by Crippen LogP contribution is -2.38. The Morgan fingerprint density at radius 3 is 2.44 bits per heavy atom. The Labute approximate surface area is 99.6 Å². The third-order valence-electron chi connectivity index (χ3n) is 2.19. The molecule has 0 spiro atoms. The second kappa shape index (κ2) is 8.00. The second-order valence-electron chi connectivity index (χ2n) is 4.28. The molecule has 0 aliphatic rings. The molecule has 16 heavy (non-hydrogen) atoms. The summed E-state index contributed by atoms with van der Waals surface area (Å²) in [5, 5.41) is 3.00. The molecule has 0 heterocycles. The summed E-state index contributed by atoms with van der Waals surface area (Å²) in [5.41, 5.74) is 0. The first-order valence-corrected chi connectivity index (χ1v) is 7.38. The van der Waals surface area contributed by atoms with Crippen molar-refractivity contribution in [3.05, 3.63) is 0 Å². The molecule has 98 valence electrons. The van der Waals surface area contributed by atoms with Crippen molar-refractivity contribution in [2.24, 2.45) is 0 Å². The van der Waals surface area contributed by atoms with Gasteiger partial charge >= 0.3 is 0 Å². The molecular weight excluding hydrogens is 226 g/mol. The Kier molecular flexibility index (Phi) is 7.91. The molecule has 0 amide bonds. The zero-order chi connectivity index (χ0) is 12.6. The maximum Gasteiger partial charge on any atom is 0.213 e. The highest BCUT2D eigenvalue weighted by Gasteiger charge is 2.13. The summed E-state index contributed by atoms with van der Waals surface area (Å²) in [5.74, 6) is 0.146. The third-order valence-corrected chi connectivity index (χ3v) is 3.69. The second-order valence-corrected chi connectivity index (χ2v) is 6.16. The molecule has 1 atom stereocenters. The van der Waals surface area contributed by atoms with Crippen molar-refractivity contribution in [1.29, 1.82) is 0 Å². The van der Waals surface area contributed by atoms with E-state index in [2.05, 4.69) is 10.0 Å². The van der Waals surface area contributed by atoms with Gasteiger partial charge in [0.2, 0.25) is 10.0 Å². The highest BCUT2D eigenvalue weighted by atomic mass is 32.2. The molecule has 0 aromatic carbocycles. The maximum atomic E-state index is 11.6. The van der Waals surface area contributed by atoms with Crippen molar-refractivity contribution in [3.8, 4) is 0 Å². The van der Waals surface area contributed by atoms with Gasteiger partial charge in [-0.25, -0.2) is 13.1 Å². The van der Waals surface area contributed by atoms with E-state index in [9.17, 15) is 8.42 Å². The molecule has 0 aliphatic carbocycles. The summed E-state index contributed by atoms with van der Waals surface area (Å²) in [4.78, 5) is 2.05. The zero-order valence-electron chi connectivity index (χ0n) is 10.8. The van der Waals surface area contributed by atoms with Crippen LogP contribution < -0.4 is 10.0 Å². The highest BCUT2D eigenvalue weighted by molar-refractivity contribution is 7.89. The van der Waals surface area contributed by atoms with E-state index in [-0.39, 0.29) is 11.8 Å². The predicted octanol–water partition coefficient (Wildman–Crippen LogP) is -0.144. The maximum absolute atomic E-state index is 11.6. The summed E-state index contributed by atoms with van der Waals surface area (Å²) in [6.45, 7) is 6.04. The van der Waals surface area contributed by atoms with E-state index in [1.807, 2.05) is 32.8 Å². The van der Waals surface area contributed by atoms with Crippen LogP contribution in [-0.4, -0.2) is 58.8 Å². The van der Waals surface area contributed by atoms with Crippen LogP contribution in [0.25, 0.3) is 0 Å². The van der Waals surface area contributed by atoms with Gasteiger partial charge in [-0.05, 0) is 40.5 Å². The Morgan fingerprint density at radius 1 is 1.31 bits per heavy atom. The fourth-order valence-corrected chi connectivity index (χ4v) is 2.52. The number of hydrogen-bond acceptors (Lipinski definition) is 4. The summed E-state index contributed by atoms with van der Waals surface area (Å²) in [6, 6.07) is -0.00553. The summed E-state index contributed by atoms with van der Waals surface area (Å²) in [6.07, 6.45) is 0.827. The van der Waals surface area contributed by atoms with Crippen LogP contribution in [0.5, 0.6) is 0 Å². The van der Waals surface area contributed by atoms with Gasteiger partial charge in [-0.15, -0.1) is 0 Å². The molecule has 0 aromatic heterocycles. The number of nitrogens with one attached hydrogen (secondary N) is 2. The first-order valence-electron chi connectivity index (χ1n) is 5.73. The predicted molar refractivity (Wildman–Crippen MR) is 68.1 cm³/mol. The first-order chi connectivity index (χ1) is 7.37. The van der Waals surface area contributed by atoms with Gasteiger partial charge in [-0.2, -0.15) is 0 Å². The quantitative estimate of drug-likeness (QED) is 0.560. The molecule has 6 heteroatoms. The molecule has 0 radical (unpaired) electrons. The monoisotopic (exact) mass is 251 g/mol. The van der Waals surface area contributed by atoms with E-state index in [1.165, 1.54) is 0 Å². The van der Waals surface area contributed by atoms with Crippen molar-refractivity contribution < 1.29 is 8.42 Å². The van der Waals surface area contributed by atoms with Crippen molar-refractivity contribution in [2.75, 3.05) is 39.5 Å². The normalized spacial score (nSPS) is 14.3. The number of rotatable bonds is 9. The fourth-order valence-electron chi connectivity index (χ4n) is 1.26. The molecular formula is C10H25N3O2S. The van der Waals surface area contributed by atoms with Crippen LogP contribution in [-0.2, 0) is 10.0 Å². The lowest BCUT2D eigenvalue weighted by molar-refractivity contribution is 0.379. The minimum absolute atomic E-state index is 0.00553. The zero-order valence-corrected chi connectivity index (χ0v) is 11.6. The standard InChI is InChI=1S/C10H25N3O2S/c1-5-11-7-9-16(14,15)12-10(2)6-8-13(3)4/h10-12H,5-9H2,1-4H3. The number of nitrogens with zero attached hydrogens (tertiary/aromatic N) is 1. The van der Waals surface area contributed by atoms with Crippen molar-refractivity contribution in [2.45, 2.75) is 26.3 Å². The number of sulfonamides is 1. The van der Waals surface area contributed by atoms with Gasteiger partial charge in [0, 0.05) is 12.6 Å². The van der Waals surface area contributed by atoms with Crippen LogP contribution >= 0.6 is 0 Å². The van der Waals surface area contributed by atoms with Crippen LogP contribution in [0.15, 0.2) is 0 Å². The van der Waals surface area contributed by atoms with E-state index < -0.39 is 10.0 Å². The van der Waals surface area contributed by atoms with Gasteiger partial charge in [-0.3, -0.25) is 0 Å². The minimum Gasteiger partial charge on any atom is -0.316 e. The lowest BCUT2D eigenvalue weighted by Gasteiger charge is -2.16. The average Bonchev–Trinajstić information content (AvgIpc) is 2.14. The minimum atomic E-state index is -3.13. The Hall–Kier alpha value is -0.170. The van der Waals surface area contributed by atoms with Crippen LogP contribution in [0.3, 0.4) is 0 Å². The molecule has 5 nitrogen and oxygen atoms in total. The lowest BCUT2D eigenvalue weighted by atomic mass is 10.2. The molecule has 0 aliphatic heterocycles. The fraction of sp³-hybridized carbons (Fsp3) is 1.00. The first kappa shape index (κ1) is 15.8. The topological polar surface area (TPSA) is 61.4 Å². The Bertz CT molecular complexity index is 265. The van der Waals surface area contributed by atoms with Crippen LogP contribution in [0.4, 0.5) is 0 Å². The van der Waals surface area contributed by atoms with Crippen LogP contribution in [0.2, 0.25) is 0 Å². The summed E-state index contributed by atoms with van der Waals surface area (Å²) in [7, 11) is 0.825. The molecule has 2 N–H and O–H groups in total. The summed E-state index contributed by atoms with van der Waals surface area (Å²) < 4.78 is 25.9. The van der Waals surface area contributed by atoms with Gasteiger partial charge in [-0.1, -0.05) is 6.92 Å². The van der Waals surface area contributed by atoms with E-state index in [1.54, 1.807) is 0 Å². The molecule has 0 aromatic rings.